The molecule has 2 rings (SSSR count). The highest BCUT2D eigenvalue weighted by atomic mass is 32.2. The maximum Gasteiger partial charge on any atom is 0.165 e. The molecule has 0 spiro atoms. The van der Waals surface area contributed by atoms with Crippen molar-refractivity contribution in [2.24, 2.45) is 0 Å². The molecule has 1 aromatic carbocycles. The van der Waals surface area contributed by atoms with E-state index < -0.39 is 21.2 Å². The van der Waals surface area contributed by atoms with E-state index in [1.54, 1.807) is 6.07 Å². The van der Waals surface area contributed by atoms with Gasteiger partial charge in [-0.15, -0.1) is 0 Å². The van der Waals surface area contributed by atoms with E-state index >= 15 is 0 Å². The second kappa shape index (κ2) is 4.51. The monoisotopic (exact) mass is 273 g/mol. The molecule has 1 aliphatic rings. The number of sulfone groups is 1. The number of phenols is 1. The van der Waals surface area contributed by atoms with Crippen molar-refractivity contribution in [2.45, 2.75) is 25.4 Å². The number of rotatable bonds is 3. The number of para-hydroxylation sites is 1. The maximum absolute atomic E-state index is 13.1. The summed E-state index contributed by atoms with van der Waals surface area (Å²) < 4.78 is 36.0. The lowest BCUT2D eigenvalue weighted by Crippen LogP contribution is -2.42. The third kappa shape index (κ3) is 2.81. The molecule has 18 heavy (non-hydrogen) atoms. The molecule has 6 heteroatoms. The highest BCUT2D eigenvalue weighted by Crippen LogP contribution is 2.25. The van der Waals surface area contributed by atoms with Crippen LogP contribution in [0.15, 0.2) is 18.2 Å². The first-order valence-corrected chi connectivity index (χ1v) is 7.55. The minimum Gasteiger partial charge on any atom is -0.505 e. The predicted octanol–water partition coefficient (Wildman–Crippen LogP) is 1.20. The quantitative estimate of drug-likeness (QED) is 0.868. The number of hydrogen-bond donors (Lipinski definition) is 2. The molecule has 0 aromatic heterocycles. The molecule has 1 aliphatic heterocycles. The van der Waals surface area contributed by atoms with Gasteiger partial charge in [0.25, 0.3) is 0 Å². The second-order valence-corrected chi connectivity index (χ2v) is 7.19. The Morgan fingerprint density at radius 1 is 1.50 bits per heavy atom. The smallest absolute Gasteiger partial charge is 0.165 e. The van der Waals surface area contributed by atoms with E-state index in [4.69, 9.17) is 0 Å². The Morgan fingerprint density at radius 3 is 2.83 bits per heavy atom. The molecule has 1 heterocycles. The van der Waals surface area contributed by atoms with Crippen molar-refractivity contribution in [3.63, 3.8) is 0 Å². The molecule has 0 saturated carbocycles. The maximum atomic E-state index is 13.1. The summed E-state index contributed by atoms with van der Waals surface area (Å²) in [5.41, 5.74) is -0.0714. The van der Waals surface area contributed by atoms with Gasteiger partial charge in [0.05, 0.1) is 11.5 Å². The van der Waals surface area contributed by atoms with Gasteiger partial charge in [0, 0.05) is 17.6 Å². The van der Waals surface area contributed by atoms with E-state index in [0.29, 0.717) is 12.0 Å². The first kappa shape index (κ1) is 13.3. The van der Waals surface area contributed by atoms with Crippen molar-refractivity contribution >= 4 is 9.84 Å². The van der Waals surface area contributed by atoms with Crippen molar-refractivity contribution < 1.29 is 17.9 Å². The number of benzene rings is 1. The second-order valence-electron chi connectivity index (χ2n) is 5.00. The topological polar surface area (TPSA) is 66.4 Å². The summed E-state index contributed by atoms with van der Waals surface area (Å²) in [4.78, 5) is 0. The van der Waals surface area contributed by atoms with Crippen molar-refractivity contribution in [2.75, 3.05) is 11.5 Å². The average molecular weight is 273 g/mol. The van der Waals surface area contributed by atoms with Crippen molar-refractivity contribution in [1.29, 1.82) is 0 Å². The number of hydrogen-bond acceptors (Lipinski definition) is 4. The van der Waals surface area contributed by atoms with Crippen LogP contribution in [0.4, 0.5) is 4.39 Å². The van der Waals surface area contributed by atoms with Crippen molar-refractivity contribution in [3.8, 4) is 5.75 Å². The Kier molecular flexibility index (Phi) is 3.33. The third-order valence-corrected chi connectivity index (χ3v) is 5.18. The summed E-state index contributed by atoms with van der Waals surface area (Å²) in [6.07, 6.45) is 0.533. The molecule has 0 aliphatic carbocycles. The molecule has 1 fully saturated rings. The van der Waals surface area contributed by atoms with E-state index in [1.807, 2.05) is 6.92 Å². The normalized spacial score (nSPS) is 26.3. The lowest BCUT2D eigenvalue weighted by molar-refractivity contribution is 0.381. The number of aromatic hydroxyl groups is 1. The molecule has 1 atom stereocenters. The molecule has 2 N–H and O–H groups in total. The van der Waals surface area contributed by atoms with E-state index in [-0.39, 0.29) is 23.8 Å². The van der Waals surface area contributed by atoms with Gasteiger partial charge in [0.15, 0.2) is 21.4 Å². The van der Waals surface area contributed by atoms with Crippen LogP contribution >= 0.6 is 0 Å². The minimum atomic E-state index is -2.98. The van der Waals surface area contributed by atoms with E-state index in [1.165, 1.54) is 12.1 Å². The summed E-state index contributed by atoms with van der Waals surface area (Å²) in [5, 5.41) is 12.6. The largest absolute Gasteiger partial charge is 0.505 e. The molecule has 100 valence electrons. The number of nitrogens with one attached hydrogen (secondary N) is 1. The summed E-state index contributed by atoms with van der Waals surface area (Å²) in [6, 6.07) is 4.30. The summed E-state index contributed by atoms with van der Waals surface area (Å²) in [5.74, 6) is -0.796. The van der Waals surface area contributed by atoms with E-state index in [9.17, 15) is 17.9 Å². The Morgan fingerprint density at radius 2 is 2.22 bits per heavy atom. The molecule has 0 radical (unpaired) electrons. The van der Waals surface area contributed by atoms with Crippen LogP contribution in [0.3, 0.4) is 0 Å². The average Bonchev–Trinajstić information content (AvgIpc) is 2.56. The Balaban J connectivity index is 2.06. The standard InChI is InChI=1S/C12H16FNO3S/c1-12(5-6-18(16,17)8-12)14-7-9-3-2-4-10(13)11(9)15/h2-4,14-15H,5-8H2,1H3. The van der Waals surface area contributed by atoms with Crippen LogP contribution in [0.25, 0.3) is 0 Å². The highest BCUT2D eigenvalue weighted by molar-refractivity contribution is 7.91. The van der Waals surface area contributed by atoms with Crippen molar-refractivity contribution in [1.82, 2.24) is 5.32 Å². The van der Waals surface area contributed by atoms with Gasteiger partial charge in [-0.2, -0.15) is 0 Å². The zero-order chi connectivity index (χ0) is 13.4. The molecule has 1 aromatic rings. The Hall–Kier alpha value is -1.14. The van der Waals surface area contributed by atoms with Crippen LogP contribution in [-0.4, -0.2) is 30.6 Å². The SMILES string of the molecule is CC1(NCc2cccc(F)c2O)CCS(=O)(=O)C1. The van der Waals surface area contributed by atoms with Crippen LogP contribution in [-0.2, 0) is 16.4 Å². The molecular weight excluding hydrogens is 257 g/mol. The molecule has 0 amide bonds. The van der Waals surface area contributed by atoms with Gasteiger partial charge in [-0.3, -0.25) is 0 Å². The van der Waals surface area contributed by atoms with Gasteiger partial charge in [0.1, 0.15) is 0 Å². The first-order chi connectivity index (χ1) is 8.31. The molecule has 4 nitrogen and oxygen atoms in total. The van der Waals surface area contributed by atoms with Gasteiger partial charge in [-0.05, 0) is 19.4 Å². The van der Waals surface area contributed by atoms with Crippen molar-refractivity contribution in [3.05, 3.63) is 29.6 Å². The van der Waals surface area contributed by atoms with Crippen LogP contribution in [0, 0.1) is 5.82 Å². The van der Waals surface area contributed by atoms with E-state index in [0.717, 1.165) is 0 Å². The van der Waals surface area contributed by atoms with Crippen LogP contribution in [0.2, 0.25) is 0 Å². The fourth-order valence-electron chi connectivity index (χ4n) is 2.16. The molecule has 1 saturated heterocycles. The van der Waals surface area contributed by atoms with Crippen LogP contribution in [0.1, 0.15) is 18.9 Å². The van der Waals surface area contributed by atoms with E-state index in [2.05, 4.69) is 5.32 Å². The number of halogens is 1. The fourth-order valence-corrected chi connectivity index (χ4v) is 4.28. The van der Waals surface area contributed by atoms with Gasteiger partial charge >= 0.3 is 0 Å². The summed E-state index contributed by atoms with van der Waals surface area (Å²) in [6.45, 7) is 2.07. The van der Waals surface area contributed by atoms with Gasteiger partial charge < -0.3 is 10.4 Å². The number of phenolic OH excluding ortho intramolecular Hbond substituents is 1. The molecule has 0 bridgehead atoms. The molecule has 1 unspecified atom stereocenters. The summed E-state index contributed by atoms with van der Waals surface area (Å²) in [7, 11) is -2.98. The fraction of sp³-hybridized carbons (Fsp3) is 0.500. The predicted molar refractivity (Wildman–Crippen MR) is 66.6 cm³/mol. The summed E-state index contributed by atoms with van der Waals surface area (Å²) >= 11 is 0. The van der Waals surface area contributed by atoms with Crippen LogP contribution < -0.4 is 5.32 Å². The lowest BCUT2D eigenvalue weighted by Gasteiger charge is -2.24. The minimum absolute atomic E-state index is 0.0794. The van der Waals surface area contributed by atoms with Crippen LogP contribution in [0.5, 0.6) is 5.75 Å². The first-order valence-electron chi connectivity index (χ1n) is 5.73. The molecular formula is C12H16FNO3S. The zero-order valence-corrected chi connectivity index (χ0v) is 10.9. The Bertz CT molecular complexity index is 558. The lowest BCUT2D eigenvalue weighted by atomic mass is 10.0. The van der Waals surface area contributed by atoms with Gasteiger partial charge in [-0.1, -0.05) is 12.1 Å². The van der Waals surface area contributed by atoms with Gasteiger partial charge in [-0.25, -0.2) is 12.8 Å². The Labute approximate surface area is 106 Å². The third-order valence-electron chi connectivity index (χ3n) is 3.28. The highest BCUT2D eigenvalue weighted by Gasteiger charge is 2.37. The van der Waals surface area contributed by atoms with Gasteiger partial charge in [0.2, 0.25) is 0 Å². The zero-order valence-electron chi connectivity index (χ0n) is 10.1.